The van der Waals surface area contributed by atoms with Gasteiger partial charge in [0.15, 0.2) is 15.3 Å². The first kappa shape index (κ1) is 16.6. The van der Waals surface area contributed by atoms with Gasteiger partial charge in [-0.2, -0.15) is 0 Å². The summed E-state index contributed by atoms with van der Waals surface area (Å²) >= 11 is 0. The first-order chi connectivity index (χ1) is 9.02. The molecular weight excluding hydrogens is 266 g/mol. The van der Waals surface area contributed by atoms with Crippen molar-refractivity contribution in [3.63, 3.8) is 0 Å². The highest BCUT2D eigenvalue weighted by atomic mass is 32.2. The number of hydrogen-bond donors (Lipinski definition) is 1. The summed E-state index contributed by atoms with van der Waals surface area (Å²) in [5.41, 5.74) is 0.0109. The van der Waals surface area contributed by atoms with Crippen molar-refractivity contribution >= 4 is 15.5 Å². The third-order valence-corrected chi connectivity index (χ3v) is 5.14. The molecule has 0 aromatic rings. The van der Waals surface area contributed by atoms with Crippen LogP contribution >= 0.6 is 0 Å². The van der Waals surface area contributed by atoms with Gasteiger partial charge in [0.05, 0.1) is 18.9 Å². The molecule has 1 aliphatic carbocycles. The highest BCUT2D eigenvalue weighted by Gasteiger charge is 2.16. The number of sulfone groups is 1. The number of aliphatic hydroxyl groups is 1. The third-order valence-electron chi connectivity index (χ3n) is 3.24. The van der Waals surface area contributed by atoms with E-state index in [1.807, 2.05) is 0 Å². The molecule has 1 rings (SSSR count). The van der Waals surface area contributed by atoms with E-state index >= 15 is 0 Å². The van der Waals surface area contributed by atoms with Crippen LogP contribution < -0.4 is 0 Å². The molecule has 0 radical (unpaired) electrons. The van der Waals surface area contributed by atoms with E-state index in [0.717, 1.165) is 12.8 Å². The predicted molar refractivity (Wildman–Crippen MR) is 76.3 cm³/mol. The lowest BCUT2D eigenvalue weighted by molar-refractivity contribution is 0.142. The molecule has 1 fully saturated rings. The first-order valence-electron chi connectivity index (χ1n) is 7.02. The standard InChI is InChI=1S/C13H25NO4S/c1-12(15)19(16,17)11-5-9-18-10-8-14-13-6-3-2-4-7-13/h12,15H,2-11H2,1H3. The van der Waals surface area contributed by atoms with E-state index in [2.05, 4.69) is 4.99 Å². The summed E-state index contributed by atoms with van der Waals surface area (Å²) in [5, 5.41) is 9.02. The van der Waals surface area contributed by atoms with Gasteiger partial charge in [-0.05, 0) is 39.0 Å². The first-order valence-corrected chi connectivity index (χ1v) is 8.73. The number of ether oxygens (including phenoxy) is 1. The van der Waals surface area contributed by atoms with Crippen molar-refractivity contribution in [3.8, 4) is 0 Å². The van der Waals surface area contributed by atoms with E-state index in [1.165, 1.54) is 31.9 Å². The van der Waals surface area contributed by atoms with E-state index in [0.29, 0.717) is 26.2 Å². The van der Waals surface area contributed by atoms with Crippen molar-refractivity contribution in [1.29, 1.82) is 0 Å². The Bertz CT molecular complexity index is 368. The summed E-state index contributed by atoms with van der Waals surface area (Å²) in [6.07, 6.45) is 6.46. The van der Waals surface area contributed by atoms with Crippen LogP contribution in [0.15, 0.2) is 4.99 Å². The number of hydrogen-bond acceptors (Lipinski definition) is 5. The maximum Gasteiger partial charge on any atom is 0.176 e. The summed E-state index contributed by atoms with van der Waals surface area (Å²) < 4.78 is 27.9. The molecule has 5 nitrogen and oxygen atoms in total. The zero-order chi connectivity index (χ0) is 14.1. The molecule has 1 aliphatic rings. The van der Waals surface area contributed by atoms with Crippen molar-refractivity contribution in [1.82, 2.24) is 0 Å². The summed E-state index contributed by atoms with van der Waals surface area (Å²) in [4.78, 5) is 4.49. The quantitative estimate of drug-likeness (QED) is 0.688. The van der Waals surface area contributed by atoms with Gasteiger partial charge in [-0.3, -0.25) is 4.99 Å². The molecule has 0 heterocycles. The molecule has 0 amide bonds. The van der Waals surface area contributed by atoms with E-state index in [-0.39, 0.29) is 5.75 Å². The fourth-order valence-electron chi connectivity index (χ4n) is 2.02. The normalized spacial score (nSPS) is 18.3. The van der Waals surface area contributed by atoms with Crippen LogP contribution in [0.1, 0.15) is 45.4 Å². The van der Waals surface area contributed by atoms with Gasteiger partial charge in [0, 0.05) is 12.3 Å². The lowest BCUT2D eigenvalue weighted by atomic mass is 9.99. The average Bonchev–Trinajstić information content (AvgIpc) is 2.38. The SMILES string of the molecule is CC(O)S(=O)(=O)CCCOCCN=C1CCCCC1. The second-order valence-corrected chi connectivity index (χ2v) is 7.36. The molecule has 0 aromatic heterocycles. The van der Waals surface area contributed by atoms with Crippen LogP contribution in [0.4, 0.5) is 0 Å². The number of rotatable bonds is 8. The van der Waals surface area contributed by atoms with Crippen LogP contribution in [0.25, 0.3) is 0 Å². The van der Waals surface area contributed by atoms with Gasteiger partial charge >= 0.3 is 0 Å². The Morgan fingerprint density at radius 1 is 1.26 bits per heavy atom. The van der Waals surface area contributed by atoms with Gasteiger partial charge in [-0.25, -0.2) is 8.42 Å². The molecule has 1 N–H and O–H groups in total. The summed E-state index contributed by atoms with van der Waals surface area (Å²) in [5.74, 6) is -0.0286. The van der Waals surface area contributed by atoms with E-state index < -0.39 is 15.3 Å². The van der Waals surface area contributed by atoms with Crippen molar-refractivity contribution < 1.29 is 18.3 Å². The van der Waals surface area contributed by atoms with Crippen LogP contribution in [-0.2, 0) is 14.6 Å². The molecule has 0 spiro atoms. The Morgan fingerprint density at radius 2 is 1.95 bits per heavy atom. The number of aliphatic hydroxyl groups excluding tert-OH is 1. The fourth-order valence-corrected chi connectivity index (χ4v) is 2.88. The summed E-state index contributed by atoms with van der Waals surface area (Å²) in [7, 11) is -3.36. The molecule has 6 heteroatoms. The Balaban J connectivity index is 2.02. The minimum Gasteiger partial charge on any atom is -0.379 e. The van der Waals surface area contributed by atoms with Gasteiger partial charge in [-0.15, -0.1) is 0 Å². The van der Waals surface area contributed by atoms with Crippen LogP contribution in [0.2, 0.25) is 0 Å². The van der Waals surface area contributed by atoms with E-state index in [4.69, 9.17) is 9.84 Å². The summed E-state index contributed by atoms with van der Waals surface area (Å²) in [6, 6.07) is 0. The van der Waals surface area contributed by atoms with Crippen molar-refractivity contribution in [2.24, 2.45) is 4.99 Å². The maximum atomic E-state index is 11.3. The third kappa shape index (κ3) is 7.03. The van der Waals surface area contributed by atoms with E-state index in [9.17, 15) is 8.42 Å². The Morgan fingerprint density at radius 3 is 2.58 bits per heavy atom. The van der Waals surface area contributed by atoms with Gasteiger partial charge in [-0.1, -0.05) is 6.42 Å². The highest BCUT2D eigenvalue weighted by Crippen LogP contribution is 2.14. The molecule has 0 aromatic carbocycles. The number of aliphatic imine (C=N–C) groups is 1. The average molecular weight is 291 g/mol. The topological polar surface area (TPSA) is 76.0 Å². The van der Waals surface area contributed by atoms with Gasteiger partial charge in [0.25, 0.3) is 0 Å². The zero-order valence-corrected chi connectivity index (χ0v) is 12.5. The smallest absolute Gasteiger partial charge is 0.176 e. The van der Waals surface area contributed by atoms with Crippen LogP contribution in [0.5, 0.6) is 0 Å². The molecule has 0 bridgehead atoms. The second kappa shape index (κ2) is 8.66. The minimum absolute atomic E-state index is 0.0286. The van der Waals surface area contributed by atoms with Crippen molar-refractivity contribution in [2.75, 3.05) is 25.5 Å². The van der Waals surface area contributed by atoms with Crippen LogP contribution in [-0.4, -0.2) is 50.2 Å². The van der Waals surface area contributed by atoms with Crippen LogP contribution in [0.3, 0.4) is 0 Å². The predicted octanol–water partition coefficient (Wildman–Crippen LogP) is 1.55. The fraction of sp³-hybridized carbons (Fsp3) is 0.923. The zero-order valence-electron chi connectivity index (χ0n) is 11.7. The lowest BCUT2D eigenvalue weighted by Gasteiger charge is -2.12. The maximum absolute atomic E-state index is 11.3. The molecule has 1 saturated carbocycles. The molecule has 0 saturated heterocycles. The Kier molecular flexibility index (Phi) is 7.56. The Hall–Kier alpha value is -0.460. The lowest BCUT2D eigenvalue weighted by Crippen LogP contribution is -2.21. The highest BCUT2D eigenvalue weighted by molar-refractivity contribution is 7.91. The number of nitrogens with zero attached hydrogens (tertiary/aromatic N) is 1. The molecule has 0 aliphatic heterocycles. The van der Waals surface area contributed by atoms with E-state index in [1.54, 1.807) is 0 Å². The Labute approximate surface area is 116 Å². The molecule has 112 valence electrons. The molecular formula is C13H25NO4S. The second-order valence-electron chi connectivity index (χ2n) is 4.94. The summed E-state index contributed by atoms with van der Waals surface area (Å²) in [6.45, 7) is 2.88. The van der Waals surface area contributed by atoms with Crippen LogP contribution in [0, 0.1) is 0 Å². The van der Waals surface area contributed by atoms with Gasteiger partial charge in [0.1, 0.15) is 0 Å². The van der Waals surface area contributed by atoms with Gasteiger partial charge in [0.2, 0.25) is 0 Å². The van der Waals surface area contributed by atoms with Crippen molar-refractivity contribution in [2.45, 2.75) is 50.9 Å². The van der Waals surface area contributed by atoms with Gasteiger partial charge < -0.3 is 9.84 Å². The largest absolute Gasteiger partial charge is 0.379 e. The monoisotopic (exact) mass is 291 g/mol. The molecule has 19 heavy (non-hydrogen) atoms. The molecule has 1 atom stereocenters. The molecule has 1 unspecified atom stereocenters. The minimum atomic E-state index is -3.36. The van der Waals surface area contributed by atoms with Crippen molar-refractivity contribution in [3.05, 3.63) is 0 Å².